The lowest BCUT2D eigenvalue weighted by molar-refractivity contribution is -0.138. The minimum absolute atomic E-state index is 0.249. The van der Waals surface area contributed by atoms with Crippen LogP contribution in [-0.4, -0.2) is 28.3 Å². The molecule has 0 aliphatic carbocycles. The van der Waals surface area contributed by atoms with Crippen molar-refractivity contribution in [3.8, 4) is 0 Å². The summed E-state index contributed by atoms with van der Waals surface area (Å²) in [4.78, 5) is 10.4. The molecule has 0 bridgehead atoms. The Labute approximate surface area is 63.8 Å². The van der Waals surface area contributed by atoms with E-state index in [0.29, 0.717) is 0 Å². The largest absolute Gasteiger partial charge is 0.480 e. The highest BCUT2D eigenvalue weighted by molar-refractivity contribution is 8.01. The third-order valence-corrected chi connectivity index (χ3v) is 2.31. The normalized spacial score (nSPS) is 11.5. The minimum atomic E-state index is -0.897. The molecule has 0 saturated carbocycles. The van der Waals surface area contributed by atoms with Crippen LogP contribution in [0.3, 0.4) is 0 Å². The number of halogens is 1. The quantitative estimate of drug-likeness (QED) is 0.688. The predicted octanol–water partition coefficient (Wildman–Crippen LogP) is 1.55. The second kappa shape index (κ2) is 3.81. The van der Waals surface area contributed by atoms with Crippen molar-refractivity contribution < 1.29 is 14.3 Å². The summed E-state index contributed by atoms with van der Waals surface area (Å²) in [5.74, 6) is -0.648. The molecule has 1 N–H and O–H groups in total. The lowest BCUT2D eigenvalue weighted by Gasteiger charge is -2.16. The van der Waals surface area contributed by atoms with Crippen LogP contribution in [0.4, 0.5) is 4.39 Å². The fourth-order valence-corrected chi connectivity index (χ4v) is 1.07. The lowest BCUT2D eigenvalue weighted by atomic mass is 10.2. The van der Waals surface area contributed by atoms with Crippen molar-refractivity contribution in [1.29, 1.82) is 0 Å². The lowest BCUT2D eigenvalue weighted by Crippen LogP contribution is -2.27. The summed E-state index contributed by atoms with van der Waals surface area (Å²) in [6, 6.07) is 0. The summed E-state index contributed by atoms with van der Waals surface area (Å²) in [6.07, 6.45) is 0. The van der Waals surface area contributed by atoms with E-state index >= 15 is 0 Å². The summed E-state index contributed by atoms with van der Waals surface area (Å²) >= 11 is 1.11. The molecule has 0 heterocycles. The summed E-state index contributed by atoms with van der Waals surface area (Å²) in [5.41, 5.74) is 0. The summed E-state index contributed by atoms with van der Waals surface area (Å²) in [5, 5.41) is 8.52. The first-order valence-corrected chi connectivity index (χ1v) is 3.92. The van der Waals surface area contributed by atoms with Crippen molar-refractivity contribution in [2.75, 3.05) is 12.4 Å². The molecule has 0 atom stereocenters. The van der Waals surface area contributed by atoms with Gasteiger partial charge < -0.3 is 5.11 Å². The van der Waals surface area contributed by atoms with E-state index in [-0.39, 0.29) is 5.75 Å². The Morgan fingerprint density at radius 3 is 2.50 bits per heavy atom. The highest BCUT2D eigenvalue weighted by Crippen LogP contribution is 2.23. The number of carboxylic acid groups (broad SMARTS) is 1. The molecule has 0 radical (unpaired) electrons. The van der Waals surface area contributed by atoms with Crippen molar-refractivity contribution in [2.45, 2.75) is 18.6 Å². The predicted molar refractivity (Wildman–Crippen MR) is 40.1 cm³/mol. The number of hydrogen-bond donors (Lipinski definition) is 1. The molecule has 10 heavy (non-hydrogen) atoms. The summed E-state index contributed by atoms with van der Waals surface area (Å²) < 4.78 is 10.7. The second-order valence-electron chi connectivity index (χ2n) is 2.35. The SMILES string of the molecule is CC(C)(SCCF)C(=O)O. The Morgan fingerprint density at radius 2 is 2.20 bits per heavy atom. The van der Waals surface area contributed by atoms with E-state index in [1.165, 1.54) is 0 Å². The molecule has 0 spiro atoms. The van der Waals surface area contributed by atoms with Crippen LogP contribution >= 0.6 is 11.8 Å². The molecule has 0 aromatic rings. The van der Waals surface area contributed by atoms with Gasteiger partial charge in [-0.2, -0.15) is 0 Å². The second-order valence-corrected chi connectivity index (χ2v) is 4.07. The van der Waals surface area contributed by atoms with Crippen LogP contribution < -0.4 is 0 Å². The van der Waals surface area contributed by atoms with Crippen molar-refractivity contribution in [3.63, 3.8) is 0 Å². The molecule has 4 heteroatoms. The van der Waals surface area contributed by atoms with Crippen molar-refractivity contribution in [2.24, 2.45) is 0 Å². The van der Waals surface area contributed by atoms with Gasteiger partial charge in [-0.25, -0.2) is 0 Å². The van der Waals surface area contributed by atoms with Crippen LogP contribution in [0.15, 0.2) is 0 Å². The van der Waals surface area contributed by atoms with E-state index in [1.54, 1.807) is 13.8 Å². The minimum Gasteiger partial charge on any atom is -0.480 e. The van der Waals surface area contributed by atoms with Crippen LogP contribution in [0.5, 0.6) is 0 Å². The topological polar surface area (TPSA) is 37.3 Å². The molecule has 0 unspecified atom stereocenters. The summed E-state index contributed by atoms with van der Waals surface area (Å²) in [7, 11) is 0. The first-order chi connectivity index (χ1) is 4.50. The zero-order valence-corrected chi connectivity index (χ0v) is 6.87. The van der Waals surface area contributed by atoms with Gasteiger partial charge in [0.25, 0.3) is 0 Å². The molecular formula is C6H11FO2S. The zero-order chi connectivity index (χ0) is 8.20. The first-order valence-electron chi connectivity index (χ1n) is 2.94. The van der Waals surface area contributed by atoms with Gasteiger partial charge in [0.2, 0.25) is 0 Å². The smallest absolute Gasteiger partial charge is 0.319 e. The molecule has 60 valence electrons. The van der Waals surface area contributed by atoms with Gasteiger partial charge in [-0.05, 0) is 13.8 Å². The van der Waals surface area contributed by atoms with E-state index < -0.39 is 17.4 Å². The molecule has 0 aliphatic rings. The molecule has 0 fully saturated rings. The number of carboxylic acids is 1. The molecule has 0 aliphatic heterocycles. The van der Waals surface area contributed by atoms with Crippen molar-refractivity contribution in [3.05, 3.63) is 0 Å². The molecule has 2 nitrogen and oxygen atoms in total. The first kappa shape index (κ1) is 9.75. The third-order valence-electron chi connectivity index (χ3n) is 1.06. The van der Waals surface area contributed by atoms with E-state index in [2.05, 4.69) is 0 Å². The van der Waals surface area contributed by atoms with Crippen LogP contribution in [0.25, 0.3) is 0 Å². The van der Waals surface area contributed by atoms with Crippen LogP contribution in [0.1, 0.15) is 13.8 Å². The maximum absolute atomic E-state index is 11.6. The van der Waals surface area contributed by atoms with Gasteiger partial charge >= 0.3 is 5.97 Å². The number of carbonyl (C=O) groups is 1. The van der Waals surface area contributed by atoms with Crippen LogP contribution in [0, 0.1) is 0 Å². The van der Waals surface area contributed by atoms with Gasteiger partial charge in [-0.15, -0.1) is 11.8 Å². The van der Waals surface area contributed by atoms with Crippen LogP contribution in [0.2, 0.25) is 0 Å². The van der Waals surface area contributed by atoms with Gasteiger partial charge in [-0.3, -0.25) is 9.18 Å². The van der Waals surface area contributed by atoms with Crippen LogP contribution in [-0.2, 0) is 4.79 Å². The highest BCUT2D eigenvalue weighted by Gasteiger charge is 2.26. The Kier molecular flexibility index (Phi) is 3.71. The Bertz CT molecular complexity index is 125. The number of hydrogen-bond acceptors (Lipinski definition) is 2. The molecule has 0 aromatic heterocycles. The standard InChI is InChI=1S/C6H11FO2S/c1-6(2,5(8)9)10-4-3-7/h3-4H2,1-2H3,(H,8,9). The van der Waals surface area contributed by atoms with Gasteiger partial charge in [0, 0.05) is 5.75 Å². The molecule has 0 amide bonds. The molecule has 0 aromatic carbocycles. The van der Waals surface area contributed by atoms with E-state index in [1.807, 2.05) is 0 Å². The third kappa shape index (κ3) is 3.06. The fraction of sp³-hybridized carbons (Fsp3) is 0.833. The average Bonchev–Trinajstić information content (AvgIpc) is 1.84. The van der Waals surface area contributed by atoms with E-state index in [9.17, 15) is 9.18 Å². The fourth-order valence-electron chi connectivity index (χ4n) is 0.355. The highest BCUT2D eigenvalue weighted by atomic mass is 32.2. The Hall–Kier alpha value is -0.250. The average molecular weight is 166 g/mol. The van der Waals surface area contributed by atoms with Gasteiger partial charge in [-0.1, -0.05) is 0 Å². The van der Waals surface area contributed by atoms with Gasteiger partial charge in [0.15, 0.2) is 0 Å². The summed E-state index contributed by atoms with van der Waals surface area (Å²) in [6.45, 7) is 2.66. The van der Waals surface area contributed by atoms with Crippen molar-refractivity contribution in [1.82, 2.24) is 0 Å². The Balaban J connectivity index is 3.75. The van der Waals surface area contributed by atoms with Gasteiger partial charge in [0.1, 0.15) is 4.75 Å². The maximum atomic E-state index is 11.6. The Morgan fingerprint density at radius 1 is 1.70 bits per heavy atom. The van der Waals surface area contributed by atoms with E-state index in [0.717, 1.165) is 11.8 Å². The van der Waals surface area contributed by atoms with Gasteiger partial charge in [0.05, 0.1) is 6.67 Å². The maximum Gasteiger partial charge on any atom is 0.319 e. The zero-order valence-electron chi connectivity index (χ0n) is 6.06. The number of aliphatic carboxylic acids is 1. The van der Waals surface area contributed by atoms with E-state index in [4.69, 9.17) is 5.11 Å². The number of rotatable bonds is 4. The molecule has 0 rings (SSSR count). The molecule has 0 saturated heterocycles. The number of thioether (sulfide) groups is 1. The number of alkyl halides is 1. The molecular weight excluding hydrogens is 155 g/mol. The monoisotopic (exact) mass is 166 g/mol. The van der Waals surface area contributed by atoms with Crippen molar-refractivity contribution >= 4 is 17.7 Å².